The molecule has 0 saturated heterocycles. The van der Waals surface area contributed by atoms with Crippen LogP contribution in [-0.2, 0) is 6.54 Å². The summed E-state index contributed by atoms with van der Waals surface area (Å²) >= 11 is 5.95. The number of fused-ring (bicyclic) bond motifs is 1. The van der Waals surface area contributed by atoms with Gasteiger partial charge in [0.05, 0.1) is 25.6 Å². The second-order valence-electron chi connectivity index (χ2n) is 6.19. The number of halogens is 1. The molecule has 1 N–H and O–H groups in total. The number of benzene rings is 2. The van der Waals surface area contributed by atoms with E-state index in [2.05, 4.69) is 10.3 Å². The summed E-state index contributed by atoms with van der Waals surface area (Å²) in [5, 5.41) is 4.14. The lowest BCUT2D eigenvalue weighted by Crippen LogP contribution is -2.28. The predicted octanol–water partition coefficient (Wildman–Crippen LogP) is 4.85. The molecule has 7 heteroatoms. The second-order valence-corrected chi connectivity index (χ2v) is 6.63. The molecule has 2 aromatic heterocycles. The van der Waals surface area contributed by atoms with Crippen molar-refractivity contribution in [1.82, 2.24) is 5.32 Å². The Labute approximate surface area is 171 Å². The third-order valence-corrected chi connectivity index (χ3v) is 4.52. The molecule has 0 atom stereocenters. The normalized spacial score (nSPS) is 11.6. The van der Waals surface area contributed by atoms with Gasteiger partial charge in [-0.15, -0.1) is 0 Å². The van der Waals surface area contributed by atoms with E-state index >= 15 is 0 Å². The van der Waals surface area contributed by atoms with Crippen molar-refractivity contribution >= 4 is 34.2 Å². The molecule has 6 nitrogen and oxygen atoms in total. The Morgan fingerprint density at radius 1 is 1.14 bits per heavy atom. The number of nitrogens with zero attached hydrogens (tertiary/aromatic N) is 1. The van der Waals surface area contributed by atoms with E-state index in [9.17, 15) is 4.79 Å². The fraction of sp³-hybridized carbons (Fsp3) is 0.0909. The highest BCUT2D eigenvalue weighted by Gasteiger charge is 2.15. The van der Waals surface area contributed by atoms with Crippen LogP contribution in [0.5, 0.6) is 5.75 Å². The van der Waals surface area contributed by atoms with Crippen LogP contribution >= 0.6 is 11.6 Å². The molecule has 29 heavy (non-hydrogen) atoms. The number of nitrogens with one attached hydrogen (secondary N) is 1. The molecule has 0 aliphatic heterocycles. The predicted molar refractivity (Wildman–Crippen MR) is 109 cm³/mol. The van der Waals surface area contributed by atoms with Crippen molar-refractivity contribution in [2.75, 3.05) is 7.11 Å². The van der Waals surface area contributed by atoms with E-state index in [0.717, 1.165) is 5.39 Å². The van der Waals surface area contributed by atoms with Crippen molar-refractivity contribution in [3.8, 4) is 5.75 Å². The topological polar surface area (TPSA) is 77.0 Å². The molecule has 4 aromatic rings. The highest BCUT2D eigenvalue weighted by molar-refractivity contribution is 6.30. The van der Waals surface area contributed by atoms with Crippen LogP contribution in [0, 0.1) is 0 Å². The zero-order valence-electron chi connectivity index (χ0n) is 15.5. The number of hydrogen-bond donors (Lipinski definition) is 1. The minimum Gasteiger partial charge on any atom is -0.493 e. The van der Waals surface area contributed by atoms with E-state index < -0.39 is 0 Å². The van der Waals surface area contributed by atoms with Crippen molar-refractivity contribution in [2.45, 2.75) is 6.54 Å². The molecule has 0 bridgehead atoms. The maximum absolute atomic E-state index is 12.9. The second kappa shape index (κ2) is 8.24. The lowest BCUT2D eigenvalue weighted by Gasteiger charge is -2.08. The Hall–Kier alpha value is -3.51. The van der Waals surface area contributed by atoms with Crippen LogP contribution in [0.4, 0.5) is 5.69 Å². The average molecular weight is 409 g/mol. The smallest absolute Gasteiger partial charge is 0.257 e. The van der Waals surface area contributed by atoms with Gasteiger partial charge in [0.1, 0.15) is 11.3 Å². The Morgan fingerprint density at radius 2 is 1.97 bits per heavy atom. The molecule has 2 heterocycles. The number of para-hydroxylation sites is 1. The van der Waals surface area contributed by atoms with Gasteiger partial charge in [-0.3, -0.25) is 4.79 Å². The highest BCUT2D eigenvalue weighted by atomic mass is 35.5. The lowest BCUT2D eigenvalue weighted by atomic mass is 10.1. The fourth-order valence-electron chi connectivity index (χ4n) is 2.84. The molecule has 4 rings (SSSR count). The summed E-state index contributed by atoms with van der Waals surface area (Å²) < 4.78 is 16.6. The van der Waals surface area contributed by atoms with Crippen LogP contribution in [0.15, 0.2) is 80.8 Å². The van der Waals surface area contributed by atoms with E-state index in [1.807, 2.05) is 12.1 Å². The number of carbonyl (C=O) groups excluding carboxylic acids is 1. The van der Waals surface area contributed by atoms with Gasteiger partial charge in [0.2, 0.25) is 5.55 Å². The maximum atomic E-state index is 12.9. The summed E-state index contributed by atoms with van der Waals surface area (Å²) in [6.45, 7) is 0.252. The number of amides is 1. The van der Waals surface area contributed by atoms with E-state index in [4.69, 9.17) is 25.2 Å². The Kier molecular flexibility index (Phi) is 5.35. The summed E-state index contributed by atoms with van der Waals surface area (Å²) in [6, 6.07) is 17.7. The first-order valence-corrected chi connectivity index (χ1v) is 9.23. The molecule has 0 saturated carbocycles. The number of ether oxygens (including phenoxy) is 1. The monoisotopic (exact) mass is 408 g/mol. The lowest BCUT2D eigenvalue weighted by molar-refractivity contribution is 0.0944. The van der Waals surface area contributed by atoms with E-state index in [1.54, 1.807) is 61.9 Å². The first-order valence-electron chi connectivity index (χ1n) is 8.86. The largest absolute Gasteiger partial charge is 0.493 e. The molecule has 0 radical (unpaired) electrons. The van der Waals surface area contributed by atoms with Crippen LogP contribution in [0.1, 0.15) is 16.1 Å². The van der Waals surface area contributed by atoms with Crippen molar-refractivity contribution in [3.63, 3.8) is 0 Å². The quantitative estimate of drug-likeness (QED) is 0.512. The van der Waals surface area contributed by atoms with Gasteiger partial charge in [-0.25, -0.2) is 4.99 Å². The zero-order valence-corrected chi connectivity index (χ0v) is 16.3. The van der Waals surface area contributed by atoms with Crippen molar-refractivity contribution in [2.24, 2.45) is 4.99 Å². The Bertz CT molecular complexity index is 1210. The van der Waals surface area contributed by atoms with Gasteiger partial charge in [-0.1, -0.05) is 23.7 Å². The molecule has 146 valence electrons. The first kappa shape index (κ1) is 18.8. The molecule has 0 aliphatic carbocycles. The van der Waals surface area contributed by atoms with Crippen LogP contribution in [0.3, 0.4) is 0 Å². The Morgan fingerprint density at radius 3 is 2.69 bits per heavy atom. The summed E-state index contributed by atoms with van der Waals surface area (Å²) in [6.07, 6.45) is 1.56. The van der Waals surface area contributed by atoms with Crippen LogP contribution in [0.2, 0.25) is 5.02 Å². The standard InChI is InChI=1S/C22H17ClN2O4/c1-27-19-6-2-4-14-12-18(21(26)24-13-17-5-3-11-28-17)22(29-20(14)19)25-16-9-7-15(23)8-10-16/h2-12H,13H2,1H3,(H,24,26). The summed E-state index contributed by atoms with van der Waals surface area (Å²) in [4.78, 5) is 17.4. The summed E-state index contributed by atoms with van der Waals surface area (Å²) in [5.74, 6) is 0.870. The van der Waals surface area contributed by atoms with Gasteiger partial charge < -0.3 is 18.9 Å². The van der Waals surface area contributed by atoms with Crippen LogP contribution in [-0.4, -0.2) is 13.0 Å². The summed E-state index contributed by atoms with van der Waals surface area (Å²) in [7, 11) is 1.56. The van der Waals surface area contributed by atoms with Crippen LogP contribution < -0.4 is 15.6 Å². The average Bonchev–Trinajstić information content (AvgIpc) is 3.26. The molecule has 0 aliphatic rings. The Balaban J connectivity index is 1.82. The molecule has 0 unspecified atom stereocenters. The molecular weight excluding hydrogens is 392 g/mol. The summed E-state index contributed by atoms with van der Waals surface area (Å²) in [5.41, 5.74) is 1.58. The maximum Gasteiger partial charge on any atom is 0.257 e. The van der Waals surface area contributed by atoms with Crippen molar-refractivity contribution < 1.29 is 18.4 Å². The number of hydrogen-bond acceptors (Lipinski definition) is 5. The van der Waals surface area contributed by atoms with Gasteiger partial charge in [-0.2, -0.15) is 0 Å². The van der Waals surface area contributed by atoms with E-state index in [-0.39, 0.29) is 18.0 Å². The number of methoxy groups -OCH3 is 1. The van der Waals surface area contributed by atoms with Crippen molar-refractivity contribution in [3.05, 3.63) is 88.8 Å². The molecule has 2 aromatic carbocycles. The van der Waals surface area contributed by atoms with E-state index in [0.29, 0.717) is 33.4 Å². The third kappa shape index (κ3) is 4.17. The number of carbonyl (C=O) groups is 1. The van der Waals surface area contributed by atoms with Gasteiger partial charge in [0.15, 0.2) is 11.3 Å². The number of furan rings is 1. The first-order chi connectivity index (χ1) is 14.1. The van der Waals surface area contributed by atoms with E-state index in [1.165, 1.54) is 0 Å². The molecular formula is C22H17ClN2O4. The fourth-order valence-corrected chi connectivity index (χ4v) is 2.97. The number of rotatable bonds is 5. The van der Waals surface area contributed by atoms with Crippen molar-refractivity contribution in [1.29, 1.82) is 0 Å². The SMILES string of the molecule is COc1cccc2cc(C(=O)NCc3ccco3)c(=Nc3ccc(Cl)cc3)oc12. The third-order valence-electron chi connectivity index (χ3n) is 4.26. The molecule has 1 amide bonds. The molecule has 0 spiro atoms. The highest BCUT2D eigenvalue weighted by Crippen LogP contribution is 2.25. The zero-order chi connectivity index (χ0) is 20.2. The van der Waals surface area contributed by atoms with Gasteiger partial charge in [0, 0.05) is 10.4 Å². The minimum atomic E-state index is -0.331. The van der Waals surface area contributed by atoms with Gasteiger partial charge in [-0.05, 0) is 48.5 Å². The van der Waals surface area contributed by atoms with Crippen LogP contribution in [0.25, 0.3) is 11.0 Å². The van der Waals surface area contributed by atoms with Gasteiger partial charge >= 0.3 is 0 Å². The van der Waals surface area contributed by atoms with Gasteiger partial charge in [0.25, 0.3) is 5.91 Å². The minimum absolute atomic E-state index is 0.168. The molecule has 0 fully saturated rings.